The summed E-state index contributed by atoms with van der Waals surface area (Å²) < 4.78 is 57.3. The predicted molar refractivity (Wildman–Crippen MR) is 137 cm³/mol. The third-order valence-electron chi connectivity index (χ3n) is 5.66. The number of carbonyl (C=O) groups excluding carboxylic acids is 1. The molecule has 1 aliphatic rings. The van der Waals surface area contributed by atoms with Gasteiger partial charge in [0.05, 0.1) is 17.2 Å². The van der Waals surface area contributed by atoms with Gasteiger partial charge in [0.1, 0.15) is 25.6 Å². The summed E-state index contributed by atoms with van der Waals surface area (Å²) in [7, 11) is -3.75. The molecule has 3 aromatic rings. The van der Waals surface area contributed by atoms with Gasteiger partial charge in [0.2, 0.25) is 5.91 Å². The standard InChI is InChI=1S/C27H29FN2O6S/c28-22-8-4-21(5-9-22)18-34-19-27(31)29-14-2-1-3-20-6-11-24(12-7-20)37(32,33)30-23-10-13-25-26(17-23)36-16-15-35-25/h4-13,17,30H,1-3,14-16,18-19H2,(H,29,31). The van der Waals surface area contributed by atoms with Gasteiger partial charge >= 0.3 is 0 Å². The molecule has 0 aromatic heterocycles. The number of rotatable bonds is 12. The van der Waals surface area contributed by atoms with Crippen molar-refractivity contribution in [3.8, 4) is 11.5 Å². The summed E-state index contributed by atoms with van der Waals surface area (Å²) in [4.78, 5) is 12.0. The van der Waals surface area contributed by atoms with Gasteiger partial charge in [-0.2, -0.15) is 0 Å². The molecule has 0 fully saturated rings. The van der Waals surface area contributed by atoms with E-state index >= 15 is 0 Å². The number of carbonyl (C=O) groups is 1. The van der Waals surface area contributed by atoms with Crippen molar-refractivity contribution in [3.63, 3.8) is 0 Å². The summed E-state index contributed by atoms with van der Waals surface area (Å²) >= 11 is 0. The van der Waals surface area contributed by atoms with E-state index in [2.05, 4.69) is 10.0 Å². The molecule has 1 aliphatic heterocycles. The van der Waals surface area contributed by atoms with Gasteiger partial charge in [-0.1, -0.05) is 24.3 Å². The molecular weight excluding hydrogens is 499 g/mol. The Hall–Kier alpha value is -3.63. The van der Waals surface area contributed by atoms with Gasteiger partial charge < -0.3 is 19.5 Å². The minimum absolute atomic E-state index is 0.0619. The van der Waals surface area contributed by atoms with Gasteiger partial charge in [-0.05, 0) is 66.8 Å². The van der Waals surface area contributed by atoms with E-state index in [1.807, 2.05) is 0 Å². The van der Waals surface area contributed by atoms with Crippen LogP contribution in [0.1, 0.15) is 24.0 Å². The second-order valence-corrected chi connectivity index (χ2v) is 10.2. The molecule has 196 valence electrons. The molecule has 0 spiro atoms. The molecule has 3 aromatic carbocycles. The Bertz CT molecular complexity index is 1300. The van der Waals surface area contributed by atoms with Crippen molar-refractivity contribution in [2.45, 2.75) is 30.8 Å². The number of amides is 1. The largest absolute Gasteiger partial charge is 0.486 e. The van der Waals surface area contributed by atoms with Gasteiger partial charge in [-0.3, -0.25) is 9.52 Å². The molecule has 0 atom stereocenters. The number of halogens is 1. The molecule has 0 saturated carbocycles. The lowest BCUT2D eigenvalue weighted by molar-refractivity contribution is -0.126. The fraction of sp³-hybridized carbons (Fsp3) is 0.296. The fourth-order valence-electron chi connectivity index (χ4n) is 3.73. The molecule has 0 radical (unpaired) electrons. The lowest BCUT2D eigenvalue weighted by Gasteiger charge is -2.19. The number of ether oxygens (including phenoxy) is 3. The molecule has 1 amide bonds. The molecule has 0 bridgehead atoms. The summed E-state index contributed by atoms with van der Waals surface area (Å²) in [6.07, 6.45) is 2.36. The number of nitrogens with one attached hydrogen (secondary N) is 2. The molecule has 0 saturated heterocycles. The lowest BCUT2D eigenvalue weighted by Crippen LogP contribution is -2.28. The first-order valence-corrected chi connectivity index (χ1v) is 13.5. The van der Waals surface area contributed by atoms with Crippen LogP contribution in [0, 0.1) is 5.82 Å². The molecule has 0 unspecified atom stereocenters. The molecule has 8 nitrogen and oxygen atoms in total. The van der Waals surface area contributed by atoms with Crippen LogP contribution in [-0.4, -0.2) is 40.7 Å². The van der Waals surface area contributed by atoms with Gasteiger partial charge in [-0.25, -0.2) is 12.8 Å². The van der Waals surface area contributed by atoms with Gasteiger partial charge in [0, 0.05) is 12.6 Å². The topological polar surface area (TPSA) is 103 Å². The van der Waals surface area contributed by atoms with E-state index in [4.69, 9.17) is 14.2 Å². The SMILES string of the molecule is O=C(COCc1ccc(F)cc1)NCCCCc1ccc(S(=O)(=O)Nc2ccc3c(c2)OCCO3)cc1. The van der Waals surface area contributed by atoms with E-state index in [9.17, 15) is 17.6 Å². The highest BCUT2D eigenvalue weighted by Crippen LogP contribution is 2.33. The molecule has 4 rings (SSSR count). The minimum atomic E-state index is -3.75. The number of fused-ring (bicyclic) bond motifs is 1. The van der Waals surface area contributed by atoms with Crippen molar-refractivity contribution in [3.05, 3.63) is 83.7 Å². The van der Waals surface area contributed by atoms with Crippen LogP contribution in [0.5, 0.6) is 11.5 Å². The molecule has 2 N–H and O–H groups in total. The highest BCUT2D eigenvalue weighted by Gasteiger charge is 2.17. The number of aryl methyl sites for hydroxylation is 1. The molecule has 1 heterocycles. The van der Waals surface area contributed by atoms with E-state index in [-0.39, 0.29) is 29.8 Å². The summed E-state index contributed by atoms with van der Waals surface area (Å²) in [5.74, 6) is 0.582. The Balaban J connectivity index is 1.15. The highest BCUT2D eigenvalue weighted by atomic mass is 32.2. The maximum absolute atomic E-state index is 12.9. The Morgan fingerprint density at radius 1 is 0.892 bits per heavy atom. The van der Waals surface area contributed by atoms with Crippen molar-refractivity contribution >= 4 is 21.6 Å². The van der Waals surface area contributed by atoms with Crippen molar-refractivity contribution in [1.29, 1.82) is 0 Å². The highest BCUT2D eigenvalue weighted by molar-refractivity contribution is 7.92. The summed E-state index contributed by atoms with van der Waals surface area (Å²) in [5.41, 5.74) is 2.20. The van der Waals surface area contributed by atoms with Crippen LogP contribution in [0.25, 0.3) is 0 Å². The van der Waals surface area contributed by atoms with Crippen molar-refractivity contribution in [2.75, 3.05) is 31.1 Å². The molecule has 0 aliphatic carbocycles. The minimum Gasteiger partial charge on any atom is -0.486 e. The van der Waals surface area contributed by atoms with E-state index in [0.717, 1.165) is 30.4 Å². The number of hydrogen-bond donors (Lipinski definition) is 2. The monoisotopic (exact) mass is 528 g/mol. The van der Waals surface area contributed by atoms with Crippen LogP contribution in [0.3, 0.4) is 0 Å². The van der Waals surface area contributed by atoms with E-state index < -0.39 is 10.0 Å². The van der Waals surface area contributed by atoms with Crippen LogP contribution >= 0.6 is 0 Å². The van der Waals surface area contributed by atoms with Gasteiger partial charge in [0.25, 0.3) is 10.0 Å². The number of sulfonamides is 1. The summed E-state index contributed by atoms with van der Waals surface area (Å²) in [6, 6.07) is 17.6. The average Bonchev–Trinajstić information content (AvgIpc) is 2.89. The number of anilines is 1. The maximum Gasteiger partial charge on any atom is 0.261 e. The van der Waals surface area contributed by atoms with Crippen LogP contribution < -0.4 is 19.5 Å². The zero-order valence-electron chi connectivity index (χ0n) is 20.2. The van der Waals surface area contributed by atoms with Crippen molar-refractivity contribution in [1.82, 2.24) is 5.32 Å². The number of unbranched alkanes of at least 4 members (excludes halogenated alkanes) is 1. The lowest BCUT2D eigenvalue weighted by atomic mass is 10.1. The molecule has 10 heteroatoms. The normalized spacial score (nSPS) is 12.7. The van der Waals surface area contributed by atoms with E-state index in [1.54, 1.807) is 54.6 Å². The van der Waals surface area contributed by atoms with Gasteiger partial charge in [-0.15, -0.1) is 0 Å². The molecular formula is C27H29FN2O6S. The fourth-order valence-corrected chi connectivity index (χ4v) is 4.78. The maximum atomic E-state index is 12.9. The van der Waals surface area contributed by atoms with Crippen LogP contribution in [0.15, 0.2) is 71.6 Å². The average molecular weight is 529 g/mol. The Morgan fingerprint density at radius 3 is 2.35 bits per heavy atom. The van der Waals surface area contributed by atoms with Crippen LogP contribution in [-0.2, 0) is 32.6 Å². The smallest absolute Gasteiger partial charge is 0.261 e. The first-order valence-electron chi connectivity index (χ1n) is 12.0. The zero-order chi connectivity index (χ0) is 26.1. The Kier molecular flexibility index (Phi) is 8.97. The van der Waals surface area contributed by atoms with E-state index in [1.165, 1.54) is 12.1 Å². The molecule has 37 heavy (non-hydrogen) atoms. The number of hydrogen-bond acceptors (Lipinski definition) is 6. The van der Waals surface area contributed by atoms with Crippen molar-refractivity contribution in [2.24, 2.45) is 0 Å². The first kappa shape index (κ1) is 26.4. The third-order valence-corrected chi connectivity index (χ3v) is 7.05. The predicted octanol–water partition coefficient (Wildman–Crippen LogP) is 4.05. The van der Waals surface area contributed by atoms with Crippen LogP contribution in [0.2, 0.25) is 0 Å². The Labute approximate surface area is 215 Å². The quantitative estimate of drug-likeness (QED) is 0.344. The first-order chi connectivity index (χ1) is 17.9. The second kappa shape index (κ2) is 12.6. The zero-order valence-corrected chi connectivity index (χ0v) is 21.1. The second-order valence-electron chi connectivity index (χ2n) is 8.53. The van der Waals surface area contributed by atoms with E-state index in [0.29, 0.717) is 36.9 Å². The van der Waals surface area contributed by atoms with Crippen molar-refractivity contribution < 1.29 is 31.8 Å². The number of benzene rings is 3. The third kappa shape index (κ3) is 7.93. The summed E-state index contributed by atoms with van der Waals surface area (Å²) in [5, 5.41) is 2.81. The van der Waals surface area contributed by atoms with Gasteiger partial charge in [0.15, 0.2) is 11.5 Å². The Morgan fingerprint density at radius 2 is 1.59 bits per heavy atom. The van der Waals surface area contributed by atoms with Crippen LogP contribution in [0.4, 0.5) is 10.1 Å². The summed E-state index contributed by atoms with van der Waals surface area (Å²) in [6.45, 7) is 1.59.